The van der Waals surface area contributed by atoms with Gasteiger partial charge in [0.05, 0.1) is 43.2 Å². The largest absolute Gasteiger partial charge is 0.378 e. The van der Waals surface area contributed by atoms with E-state index in [9.17, 15) is 4.39 Å². The number of pyridine rings is 1. The van der Waals surface area contributed by atoms with Crippen LogP contribution in [-0.4, -0.2) is 47.5 Å². The fourth-order valence-corrected chi connectivity index (χ4v) is 3.47. The number of aryl methyl sites for hydroxylation is 1. The predicted octanol–water partition coefficient (Wildman–Crippen LogP) is 4.25. The number of halogens is 2. The molecule has 10 heteroatoms. The third kappa shape index (κ3) is 5.68. The van der Waals surface area contributed by atoms with Gasteiger partial charge in [-0.1, -0.05) is 18.5 Å². The first-order valence-corrected chi connectivity index (χ1v) is 10.7. The fraction of sp³-hybridized carbons (Fsp3) is 0.273. The van der Waals surface area contributed by atoms with Gasteiger partial charge in [-0.05, 0) is 42.3 Å². The molecule has 3 heterocycles. The van der Waals surface area contributed by atoms with Crippen LogP contribution >= 0.6 is 11.6 Å². The van der Waals surface area contributed by atoms with Crippen LogP contribution in [0.5, 0.6) is 0 Å². The standard InChI is InChI=1S/C22H23ClFN7O/c1-2-15-9-16(23)11-19(10-15)28-18-4-3-17(25-12-18)13-27-30-22-26-14-20(24)21(29-22)31-5-7-32-8-6-31/h3-4,9-14,28H,2,5-8H2,1H3,(H,26,29,30)/b27-13+. The van der Waals surface area contributed by atoms with Gasteiger partial charge in [0.25, 0.3) is 0 Å². The number of morpholine rings is 1. The second-order valence-electron chi connectivity index (χ2n) is 7.13. The molecule has 4 rings (SSSR count). The van der Waals surface area contributed by atoms with Crippen LogP contribution in [0.15, 0.2) is 47.8 Å². The number of nitrogens with zero attached hydrogens (tertiary/aromatic N) is 5. The topological polar surface area (TPSA) is 87.6 Å². The molecule has 1 fully saturated rings. The predicted molar refractivity (Wildman–Crippen MR) is 125 cm³/mol. The van der Waals surface area contributed by atoms with Gasteiger partial charge in [-0.3, -0.25) is 4.98 Å². The molecule has 1 aromatic carbocycles. The number of ether oxygens (including phenoxy) is 1. The van der Waals surface area contributed by atoms with Crippen molar-refractivity contribution in [1.29, 1.82) is 0 Å². The monoisotopic (exact) mass is 455 g/mol. The molecule has 166 valence electrons. The maximum absolute atomic E-state index is 14.1. The molecule has 0 unspecified atom stereocenters. The highest BCUT2D eigenvalue weighted by Gasteiger charge is 2.17. The van der Waals surface area contributed by atoms with Crippen molar-refractivity contribution in [3.05, 3.63) is 64.8 Å². The lowest BCUT2D eigenvalue weighted by Crippen LogP contribution is -2.37. The van der Waals surface area contributed by atoms with E-state index in [2.05, 4.69) is 43.8 Å². The van der Waals surface area contributed by atoms with E-state index < -0.39 is 5.82 Å². The van der Waals surface area contributed by atoms with Crippen molar-refractivity contribution in [3.8, 4) is 0 Å². The van der Waals surface area contributed by atoms with E-state index in [-0.39, 0.29) is 11.8 Å². The summed E-state index contributed by atoms with van der Waals surface area (Å²) in [5.74, 6) is -0.0335. The molecule has 0 spiro atoms. The third-order valence-corrected chi connectivity index (χ3v) is 5.06. The SMILES string of the molecule is CCc1cc(Cl)cc(Nc2ccc(/C=N/Nc3ncc(F)c(N4CCOCC4)n3)nc2)c1. The van der Waals surface area contributed by atoms with E-state index in [1.807, 2.05) is 29.2 Å². The van der Waals surface area contributed by atoms with Crippen molar-refractivity contribution in [3.63, 3.8) is 0 Å². The summed E-state index contributed by atoms with van der Waals surface area (Å²) in [7, 11) is 0. The number of rotatable bonds is 7. The van der Waals surface area contributed by atoms with Gasteiger partial charge in [0.1, 0.15) is 0 Å². The van der Waals surface area contributed by atoms with Crippen LogP contribution in [0.25, 0.3) is 0 Å². The molecule has 1 aliphatic rings. The van der Waals surface area contributed by atoms with Crippen LogP contribution in [0.4, 0.5) is 27.5 Å². The molecule has 3 aromatic rings. The van der Waals surface area contributed by atoms with E-state index in [4.69, 9.17) is 16.3 Å². The Hall–Kier alpha value is -3.30. The Balaban J connectivity index is 1.37. The summed E-state index contributed by atoms with van der Waals surface area (Å²) in [6, 6.07) is 9.59. The highest BCUT2D eigenvalue weighted by molar-refractivity contribution is 6.31. The molecule has 1 saturated heterocycles. The Morgan fingerprint density at radius 2 is 2.00 bits per heavy atom. The lowest BCUT2D eigenvalue weighted by Gasteiger charge is -2.27. The van der Waals surface area contributed by atoms with Gasteiger partial charge in [0, 0.05) is 23.8 Å². The van der Waals surface area contributed by atoms with Gasteiger partial charge in [-0.2, -0.15) is 10.1 Å². The highest BCUT2D eigenvalue weighted by Crippen LogP contribution is 2.23. The summed E-state index contributed by atoms with van der Waals surface area (Å²) in [6.45, 7) is 4.32. The minimum atomic E-state index is -0.475. The number of hydrogen-bond donors (Lipinski definition) is 2. The summed E-state index contributed by atoms with van der Waals surface area (Å²) >= 11 is 6.17. The normalized spacial score (nSPS) is 14.0. The van der Waals surface area contributed by atoms with E-state index >= 15 is 0 Å². The quantitative estimate of drug-likeness (QED) is 0.406. The Kier molecular flexibility index (Phi) is 7.08. The molecule has 2 aromatic heterocycles. The van der Waals surface area contributed by atoms with Crippen LogP contribution < -0.4 is 15.6 Å². The average Bonchev–Trinajstić information content (AvgIpc) is 2.81. The molecule has 0 atom stereocenters. The van der Waals surface area contributed by atoms with Gasteiger partial charge in [-0.15, -0.1) is 0 Å². The number of benzene rings is 1. The molecule has 2 N–H and O–H groups in total. The summed E-state index contributed by atoms with van der Waals surface area (Å²) in [5, 5.41) is 8.09. The lowest BCUT2D eigenvalue weighted by molar-refractivity contribution is 0.122. The van der Waals surface area contributed by atoms with Gasteiger partial charge in [-0.25, -0.2) is 14.8 Å². The zero-order valence-corrected chi connectivity index (χ0v) is 18.3. The summed E-state index contributed by atoms with van der Waals surface area (Å²) in [6.07, 6.45) is 5.29. The van der Waals surface area contributed by atoms with Gasteiger partial charge >= 0.3 is 0 Å². The van der Waals surface area contributed by atoms with Crippen LogP contribution in [0, 0.1) is 5.82 Å². The summed E-state index contributed by atoms with van der Waals surface area (Å²) in [5.41, 5.74) is 6.25. The third-order valence-electron chi connectivity index (χ3n) is 4.84. The Bertz CT molecular complexity index is 1090. The average molecular weight is 456 g/mol. The Morgan fingerprint density at radius 1 is 1.16 bits per heavy atom. The van der Waals surface area contributed by atoms with Crippen molar-refractivity contribution < 1.29 is 9.13 Å². The Labute approximate surface area is 190 Å². The maximum atomic E-state index is 14.1. The highest BCUT2D eigenvalue weighted by atomic mass is 35.5. The van der Waals surface area contributed by atoms with Crippen molar-refractivity contribution >= 4 is 41.0 Å². The van der Waals surface area contributed by atoms with Crippen LogP contribution in [0.2, 0.25) is 5.02 Å². The summed E-state index contributed by atoms with van der Waals surface area (Å²) < 4.78 is 19.4. The van der Waals surface area contributed by atoms with Crippen molar-refractivity contribution in [2.24, 2.45) is 5.10 Å². The van der Waals surface area contributed by atoms with E-state index in [1.165, 1.54) is 0 Å². The van der Waals surface area contributed by atoms with E-state index in [0.29, 0.717) is 37.0 Å². The number of aromatic nitrogens is 3. The van der Waals surface area contributed by atoms with Gasteiger partial charge in [0.15, 0.2) is 11.6 Å². The second kappa shape index (κ2) is 10.3. The van der Waals surface area contributed by atoms with Crippen LogP contribution in [0.1, 0.15) is 18.2 Å². The van der Waals surface area contributed by atoms with Crippen molar-refractivity contribution in [2.75, 3.05) is 41.9 Å². The second-order valence-corrected chi connectivity index (χ2v) is 7.57. The number of anilines is 4. The van der Waals surface area contributed by atoms with Gasteiger partial charge < -0.3 is 15.0 Å². The maximum Gasteiger partial charge on any atom is 0.245 e. The molecule has 1 aliphatic heterocycles. The minimum absolute atomic E-state index is 0.204. The number of hydrazone groups is 1. The summed E-state index contributed by atoms with van der Waals surface area (Å²) in [4.78, 5) is 14.4. The van der Waals surface area contributed by atoms with Crippen LogP contribution in [-0.2, 0) is 11.2 Å². The molecule has 8 nitrogen and oxygen atoms in total. The van der Waals surface area contributed by atoms with E-state index in [1.54, 1.807) is 12.4 Å². The first-order chi connectivity index (χ1) is 15.6. The molecule has 0 aliphatic carbocycles. The Morgan fingerprint density at radius 3 is 2.75 bits per heavy atom. The van der Waals surface area contributed by atoms with Crippen molar-refractivity contribution in [1.82, 2.24) is 15.0 Å². The molecule has 0 bridgehead atoms. The molecule has 0 radical (unpaired) electrons. The number of nitrogens with one attached hydrogen (secondary N) is 2. The molecule has 0 amide bonds. The van der Waals surface area contributed by atoms with Gasteiger partial charge in [0.2, 0.25) is 5.95 Å². The minimum Gasteiger partial charge on any atom is -0.378 e. The first kappa shape index (κ1) is 21.9. The first-order valence-electron chi connectivity index (χ1n) is 10.3. The number of hydrogen-bond acceptors (Lipinski definition) is 8. The molecular formula is C22H23ClFN7O. The molecular weight excluding hydrogens is 433 g/mol. The smallest absolute Gasteiger partial charge is 0.245 e. The molecule has 32 heavy (non-hydrogen) atoms. The van der Waals surface area contributed by atoms with E-state index in [0.717, 1.165) is 29.6 Å². The zero-order chi connectivity index (χ0) is 22.3. The lowest BCUT2D eigenvalue weighted by atomic mass is 10.1. The van der Waals surface area contributed by atoms with Crippen molar-refractivity contribution in [2.45, 2.75) is 13.3 Å². The fourth-order valence-electron chi connectivity index (χ4n) is 3.21. The van der Waals surface area contributed by atoms with Crippen LogP contribution in [0.3, 0.4) is 0 Å². The molecule has 0 saturated carbocycles. The zero-order valence-electron chi connectivity index (χ0n) is 17.6.